The fraction of sp³-hybridized carbons (Fsp3) is 0.278. The van der Waals surface area contributed by atoms with E-state index in [0.29, 0.717) is 16.5 Å². The first kappa shape index (κ1) is 17.0. The summed E-state index contributed by atoms with van der Waals surface area (Å²) in [5.41, 5.74) is 2.22. The lowest BCUT2D eigenvalue weighted by molar-refractivity contribution is -0.113. The number of thioether (sulfide) groups is 1. The number of anilines is 1. The van der Waals surface area contributed by atoms with Gasteiger partial charge in [0.2, 0.25) is 5.91 Å². The smallest absolute Gasteiger partial charge is 0.234 e. The van der Waals surface area contributed by atoms with Crippen LogP contribution in [0.15, 0.2) is 47.5 Å². The van der Waals surface area contributed by atoms with Crippen molar-refractivity contribution in [2.45, 2.75) is 25.3 Å². The molecule has 0 spiro atoms. The van der Waals surface area contributed by atoms with Crippen molar-refractivity contribution < 1.29 is 4.79 Å². The Morgan fingerprint density at radius 3 is 2.65 bits per heavy atom. The van der Waals surface area contributed by atoms with Gasteiger partial charge < -0.3 is 5.32 Å². The van der Waals surface area contributed by atoms with Crippen LogP contribution < -0.4 is 5.32 Å². The SMILES string of the molecule is CC(C)Cc1ccc(C#N)c(SCC(=O)Nc2ccccc2)n1. The molecule has 0 radical (unpaired) electrons. The van der Waals surface area contributed by atoms with Crippen LogP contribution in [0.25, 0.3) is 0 Å². The van der Waals surface area contributed by atoms with Gasteiger partial charge in [-0.15, -0.1) is 0 Å². The molecule has 1 aromatic carbocycles. The van der Waals surface area contributed by atoms with E-state index >= 15 is 0 Å². The van der Waals surface area contributed by atoms with Crippen molar-refractivity contribution in [2.75, 3.05) is 11.1 Å². The highest BCUT2D eigenvalue weighted by Crippen LogP contribution is 2.22. The zero-order chi connectivity index (χ0) is 16.7. The number of carbonyl (C=O) groups is 1. The van der Waals surface area contributed by atoms with Crippen LogP contribution in [0.5, 0.6) is 0 Å². The quantitative estimate of drug-likeness (QED) is 0.819. The minimum Gasteiger partial charge on any atom is -0.325 e. The maximum Gasteiger partial charge on any atom is 0.234 e. The van der Waals surface area contributed by atoms with Crippen LogP contribution in [0, 0.1) is 17.2 Å². The lowest BCUT2D eigenvalue weighted by Crippen LogP contribution is -2.14. The molecule has 1 aromatic heterocycles. The van der Waals surface area contributed by atoms with Gasteiger partial charge >= 0.3 is 0 Å². The van der Waals surface area contributed by atoms with Gasteiger partial charge in [-0.2, -0.15) is 5.26 Å². The van der Waals surface area contributed by atoms with E-state index in [1.54, 1.807) is 6.07 Å². The van der Waals surface area contributed by atoms with Gasteiger partial charge in [0, 0.05) is 11.4 Å². The van der Waals surface area contributed by atoms with Crippen molar-refractivity contribution in [3.8, 4) is 6.07 Å². The lowest BCUT2D eigenvalue weighted by atomic mass is 10.1. The minimum atomic E-state index is -0.110. The number of para-hydroxylation sites is 1. The molecule has 118 valence electrons. The van der Waals surface area contributed by atoms with Gasteiger partial charge in [-0.3, -0.25) is 4.79 Å². The largest absolute Gasteiger partial charge is 0.325 e. The molecule has 2 rings (SSSR count). The van der Waals surface area contributed by atoms with E-state index in [1.807, 2.05) is 36.4 Å². The maximum absolute atomic E-state index is 12.0. The molecule has 0 unspecified atom stereocenters. The summed E-state index contributed by atoms with van der Waals surface area (Å²) in [6.07, 6.45) is 0.857. The fourth-order valence-electron chi connectivity index (χ4n) is 2.06. The Balaban J connectivity index is 2.01. The molecule has 0 fully saturated rings. The van der Waals surface area contributed by atoms with Crippen LogP contribution in [0.4, 0.5) is 5.69 Å². The number of nitriles is 1. The third kappa shape index (κ3) is 5.42. The van der Waals surface area contributed by atoms with E-state index in [9.17, 15) is 10.1 Å². The van der Waals surface area contributed by atoms with E-state index in [4.69, 9.17) is 0 Å². The first-order valence-corrected chi connectivity index (χ1v) is 8.44. The molecule has 0 bridgehead atoms. The van der Waals surface area contributed by atoms with Gasteiger partial charge in [0.15, 0.2) is 0 Å². The molecule has 2 aromatic rings. The normalized spacial score (nSPS) is 10.3. The summed E-state index contributed by atoms with van der Waals surface area (Å²) in [6, 6.07) is 15.1. The molecule has 4 nitrogen and oxygen atoms in total. The average Bonchev–Trinajstić information content (AvgIpc) is 2.53. The van der Waals surface area contributed by atoms with Gasteiger partial charge in [-0.05, 0) is 36.6 Å². The van der Waals surface area contributed by atoms with Crippen molar-refractivity contribution in [1.29, 1.82) is 5.26 Å². The number of hydrogen-bond donors (Lipinski definition) is 1. The van der Waals surface area contributed by atoms with Crippen LogP contribution in [0.3, 0.4) is 0 Å². The molecule has 0 aliphatic heterocycles. The predicted octanol–water partition coefficient (Wildman–Crippen LogP) is 3.88. The summed E-state index contributed by atoms with van der Waals surface area (Å²) in [5, 5.41) is 12.6. The van der Waals surface area contributed by atoms with Gasteiger partial charge in [0.1, 0.15) is 11.1 Å². The Kier molecular flexibility index (Phi) is 6.19. The molecule has 1 N–H and O–H groups in total. The van der Waals surface area contributed by atoms with Crippen LogP contribution in [-0.2, 0) is 11.2 Å². The Morgan fingerprint density at radius 2 is 2.00 bits per heavy atom. The number of aromatic nitrogens is 1. The molecule has 0 saturated heterocycles. The number of amides is 1. The second-order valence-electron chi connectivity index (χ2n) is 5.57. The fourth-order valence-corrected chi connectivity index (χ4v) is 2.85. The Hall–Kier alpha value is -2.32. The van der Waals surface area contributed by atoms with Crippen molar-refractivity contribution in [2.24, 2.45) is 5.92 Å². The summed E-state index contributed by atoms with van der Waals surface area (Å²) in [6.45, 7) is 4.25. The molecule has 0 aliphatic carbocycles. The van der Waals surface area contributed by atoms with Crippen LogP contribution in [-0.4, -0.2) is 16.6 Å². The van der Waals surface area contributed by atoms with E-state index in [1.165, 1.54) is 11.8 Å². The van der Waals surface area contributed by atoms with Crippen LogP contribution >= 0.6 is 11.8 Å². The summed E-state index contributed by atoms with van der Waals surface area (Å²) in [4.78, 5) is 16.5. The highest BCUT2D eigenvalue weighted by Gasteiger charge is 2.10. The number of nitrogens with one attached hydrogen (secondary N) is 1. The van der Waals surface area contributed by atoms with Gasteiger partial charge in [-0.1, -0.05) is 43.8 Å². The predicted molar refractivity (Wildman–Crippen MR) is 93.3 cm³/mol. The van der Waals surface area contributed by atoms with Crippen LogP contribution in [0.2, 0.25) is 0 Å². The average molecular weight is 325 g/mol. The maximum atomic E-state index is 12.0. The number of rotatable bonds is 6. The second kappa shape index (κ2) is 8.35. The monoisotopic (exact) mass is 325 g/mol. The number of hydrogen-bond acceptors (Lipinski definition) is 4. The molecular weight excluding hydrogens is 306 g/mol. The Bertz CT molecular complexity index is 708. The third-order valence-corrected chi connectivity index (χ3v) is 4.04. The molecule has 0 saturated carbocycles. The van der Waals surface area contributed by atoms with Crippen molar-refractivity contribution in [3.63, 3.8) is 0 Å². The van der Waals surface area contributed by atoms with Crippen molar-refractivity contribution in [3.05, 3.63) is 53.7 Å². The number of nitrogens with zero attached hydrogens (tertiary/aromatic N) is 2. The Morgan fingerprint density at radius 1 is 1.26 bits per heavy atom. The van der Waals surface area contributed by atoms with Crippen molar-refractivity contribution >= 4 is 23.4 Å². The standard InChI is InChI=1S/C18H19N3OS/c1-13(2)10-16-9-8-14(11-19)18(21-16)23-12-17(22)20-15-6-4-3-5-7-15/h3-9,13H,10,12H2,1-2H3,(H,20,22). The zero-order valence-corrected chi connectivity index (χ0v) is 14.1. The highest BCUT2D eigenvalue weighted by molar-refractivity contribution is 8.00. The topological polar surface area (TPSA) is 65.8 Å². The van der Waals surface area contributed by atoms with Crippen molar-refractivity contribution in [1.82, 2.24) is 4.98 Å². The zero-order valence-electron chi connectivity index (χ0n) is 13.2. The molecule has 0 atom stereocenters. The van der Waals surface area contributed by atoms with Gasteiger partial charge in [0.25, 0.3) is 0 Å². The molecule has 1 heterocycles. The summed E-state index contributed by atoms with van der Waals surface area (Å²) in [5.74, 6) is 0.609. The minimum absolute atomic E-state index is 0.110. The van der Waals surface area contributed by atoms with E-state index < -0.39 is 0 Å². The van der Waals surface area contributed by atoms with E-state index in [-0.39, 0.29) is 11.7 Å². The second-order valence-corrected chi connectivity index (χ2v) is 6.53. The number of benzene rings is 1. The van der Waals surface area contributed by atoms with E-state index in [2.05, 4.69) is 30.2 Å². The first-order valence-electron chi connectivity index (χ1n) is 7.46. The molecular formula is C18H19N3OS. The number of pyridine rings is 1. The highest BCUT2D eigenvalue weighted by atomic mass is 32.2. The first-order chi connectivity index (χ1) is 11.1. The summed E-state index contributed by atoms with van der Waals surface area (Å²) < 4.78 is 0. The molecule has 0 aliphatic rings. The molecule has 5 heteroatoms. The summed E-state index contributed by atoms with van der Waals surface area (Å²) >= 11 is 1.29. The lowest BCUT2D eigenvalue weighted by Gasteiger charge is -2.08. The van der Waals surface area contributed by atoms with Gasteiger partial charge in [0.05, 0.1) is 11.3 Å². The molecule has 23 heavy (non-hydrogen) atoms. The third-order valence-electron chi connectivity index (χ3n) is 3.05. The Labute approximate surface area is 140 Å². The van der Waals surface area contributed by atoms with Crippen LogP contribution in [0.1, 0.15) is 25.1 Å². The summed E-state index contributed by atoms with van der Waals surface area (Å²) in [7, 11) is 0. The number of carbonyl (C=O) groups excluding carboxylic acids is 1. The van der Waals surface area contributed by atoms with Gasteiger partial charge in [-0.25, -0.2) is 4.98 Å². The molecule has 1 amide bonds. The van der Waals surface area contributed by atoms with E-state index in [0.717, 1.165) is 17.8 Å².